The molecule has 1 saturated heterocycles. The molecule has 0 aromatic heterocycles. The fourth-order valence-electron chi connectivity index (χ4n) is 1.92. The molecule has 5 nitrogen and oxygen atoms in total. The number of carbonyl (C=O) groups is 2. The minimum atomic E-state index is -0.450. The summed E-state index contributed by atoms with van der Waals surface area (Å²) in [6, 6.07) is -0.381. The van der Waals surface area contributed by atoms with Crippen LogP contribution in [0, 0.1) is 5.41 Å². The van der Waals surface area contributed by atoms with E-state index in [0.29, 0.717) is 19.6 Å². The van der Waals surface area contributed by atoms with Gasteiger partial charge < -0.3 is 4.90 Å². The minimum absolute atomic E-state index is 0.0200. The van der Waals surface area contributed by atoms with Crippen LogP contribution >= 0.6 is 0 Å². The molecule has 17 heavy (non-hydrogen) atoms. The molecule has 0 radical (unpaired) electrons. The largest absolute Gasteiger partial charge is 0.330 e. The normalized spacial score (nSPS) is 20.5. The van der Waals surface area contributed by atoms with Crippen LogP contribution in [-0.4, -0.2) is 35.9 Å². The van der Waals surface area contributed by atoms with E-state index in [1.807, 2.05) is 20.8 Å². The maximum absolute atomic E-state index is 12.2. The smallest absolute Gasteiger partial charge is 0.266 e. The average Bonchev–Trinajstić information content (AvgIpc) is 2.72. The summed E-state index contributed by atoms with van der Waals surface area (Å²) in [5, 5.41) is 0. The summed E-state index contributed by atoms with van der Waals surface area (Å²) in [5.74, 6) is -0.200. The van der Waals surface area contributed by atoms with Crippen molar-refractivity contribution in [1.29, 1.82) is 0 Å². The van der Waals surface area contributed by atoms with Crippen molar-refractivity contribution >= 4 is 11.8 Å². The summed E-state index contributed by atoms with van der Waals surface area (Å²) < 4.78 is 0. The molecule has 1 aliphatic heterocycles. The van der Waals surface area contributed by atoms with E-state index in [0.717, 1.165) is 6.42 Å². The Kier molecular flexibility index (Phi) is 4.51. The number of nitrogens with one attached hydrogen (secondary N) is 1. The lowest BCUT2D eigenvalue weighted by Gasteiger charge is -2.30. The highest BCUT2D eigenvalue weighted by molar-refractivity contribution is 5.89. The highest BCUT2D eigenvalue weighted by atomic mass is 16.6. The van der Waals surface area contributed by atoms with Gasteiger partial charge in [-0.2, -0.15) is 0 Å². The minimum Gasteiger partial charge on any atom is -0.330 e. The molecular weight excluding hydrogens is 220 g/mol. The van der Waals surface area contributed by atoms with Gasteiger partial charge in [-0.1, -0.05) is 20.8 Å². The van der Waals surface area contributed by atoms with Crippen LogP contribution in [0.25, 0.3) is 0 Å². The molecule has 1 aliphatic rings. The second kappa shape index (κ2) is 5.49. The van der Waals surface area contributed by atoms with Gasteiger partial charge in [0.2, 0.25) is 5.91 Å². The Hall–Kier alpha value is -1.10. The van der Waals surface area contributed by atoms with Gasteiger partial charge in [0.25, 0.3) is 5.91 Å². The predicted molar refractivity (Wildman–Crippen MR) is 64.0 cm³/mol. The number of hydrogen-bond donors (Lipinski definition) is 1. The van der Waals surface area contributed by atoms with Gasteiger partial charge in [0.1, 0.15) is 6.04 Å². The fraction of sp³-hybridized carbons (Fsp3) is 0.833. The van der Waals surface area contributed by atoms with Crippen LogP contribution in [-0.2, 0) is 14.4 Å². The fourth-order valence-corrected chi connectivity index (χ4v) is 1.92. The van der Waals surface area contributed by atoms with Gasteiger partial charge in [-0.25, -0.2) is 5.48 Å². The monoisotopic (exact) mass is 242 g/mol. The second-order valence-electron chi connectivity index (χ2n) is 5.31. The maximum atomic E-state index is 12.2. The summed E-state index contributed by atoms with van der Waals surface area (Å²) in [7, 11) is 0. The molecular formula is C12H22N2O3. The number of hydrogen-bond acceptors (Lipinski definition) is 3. The van der Waals surface area contributed by atoms with Crippen molar-refractivity contribution in [3.05, 3.63) is 0 Å². The van der Waals surface area contributed by atoms with E-state index >= 15 is 0 Å². The quantitative estimate of drug-likeness (QED) is 0.754. The van der Waals surface area contributed by atoms with Crippen molar-refractivity contribution in [2.24, 2.45) is 5.41 Å². The molecule has 0 aromatic carbocycles. The van der Waals surface area contributed by atoms with Crippen molar-refractivity contribution in [1.82, 2.24) is 10.4 Å². The predicted octanol–water partition coefficient (Wildman–Crippen LogP) is 1.09. The first-order valence-corrected chi connectivity index (χ1v) is 6.10. The number of carbonyl (C=O) groups excluding carboxylic acids is 2. The van der Waals surface area contributed by atoms with Crippen LogP contribution in [0.2, 0.25) is 0 Å². The van der Waals surface area contributed by atoms with Gasteiger partial charge in [0, 0.05) is 12.0 Å². The second-order valence-corrected chi connectivity index (χ2v) is 5.31. The zero-order valence-electron chi connectivity index (χ0n) is 11.1. The molecule has 1 rings (SSSR count). The molecule has 0 spiro atoms. The third-order valence-corrected chi connectivity index (χ3v) is 2.78. The van der Waals surface area contributed by atoms with E-state index in [-0.39, 0.29) is 17.9 Å². The molecule has 1 N–H and O–H groups in total. The number of hydroxylamine groups is 1. The van der Waals surface area contributed by atoms with Crippen molar-refractivity contribution in [2.45, 2.75) is 46.6 Å². The molecule has 5 heteroatoms. The number of likely N-dealkylation sites (tertiary alicyclic amines) is 1. The zero-order valence-corrected chi connectivity index (χ0v) is 11.1. The first-order valence-electron chi connectivity index (χ1n) is 6.10. The van der Waals surface area contributed by atoms with Crippen LogP contribution < -0.4 is 5.48 Å². The molecule has 1 atom stereocenters. The van der Waals surface area contributed by atoms with Gasteiger partial charge in [0.05, 0.1) is 6.61 Å². The van der Waals surface area contributed by atoms with E-state index < -0.39 is 5.41 Å². The van der Waals surface area contributed by atoms with Crippen molar-refractivity contribution in [3.8, 4) is 0 Å². The highest BCUT2D eigenvalue weighted by Crippen LogP contribution is 2.25. The third kappa shape index (κ3) is 3.43. The standard InChI is InChI=1S/C12H22N2O3/c1-5-17-13-10(15)9-7-6-8-14(9)11(16)12(2,3)4/h9H,5-8H2,1-4H3,(H,13,15). The Labute approximate surface area is 102 Å². The van der Waals surface area contributed by atoms with Crippen LogP contribution in [0.3, 0.4) is 0 Å². The third-order valence-electron chi connectivity index (χ3n) is 2.78. The van der Waals surface area contributed by atoms with Gasteiger partial charge in [0.15, 0.2) is 0 Å². The molecule has 0 aromatic rings. The van der Waals surface area contributed by atoms with Crippen LogP contribution in [0.15, 0.2) is 0 Å². The van der Waals surface area contributed by atoms with Gasteiger partial charge >= 0.3 is 0 Å². The zero-order chi connectivity index (χ0) is 13.1. The Morgan fingerprint density at radius 1 is 1.41 bits per heavy atom. The maximum Gasteiger partial charge on any atom is 0.266 e. The van der Waals surface area contributed by atoms with Gasteiger partial charge in [-0.15, -0.1) is 0 Å². The number of amides is 2. The average molecular weight is 242 g/mol. The lowest BCUT2D eigenvalue weighted by molar-refractivity contribution is -0.149. The number of nitrogens with zero attached hydrogens (tertiary/aromatic N) is 1. The van der Waals surface area contributed by atoms with Crippen molar-refractivity contribution in [2.75, 3.05) is 13.2 Å². The number of rotatable bonds is 3. The summed E-state index contributed by atoms with van der Waals surface area (Å²) in [5.41, 5.74) is 1.93. The molecule has 1 fully saturated rings. The van der Waals surface area contributed by atoms with Crippen LogP contribution in [0.1, 0.15) is 40.5 Å². The summed E-state index contributed by atoms with van der Waals surface area (Å²) in [4.78, 5) is 30.5. The lowest BCUT2D eigenvalue weighted by atomic mass is 9.94. The Balaban J connectivity index is 2.66. The van der Waals surface area contributed by atoms with Crippen LogP contribution in [0.5, 0.6) is 0 Å². The summed E-state index contributed by atoms with van der Waals surface area (Å²) in [6.45, 7) is 8.47. The van der Waals surface area contributed by atoms with E-state index in [1.54, 1.807) is 11.8 Å². The van der Waals surface area contributed by atoms with Crippen molar-refractivity contribution in [3.63, 3.8) is 0 Å². The molecule has 2 amide bonds. The van der Waals surface area contributed by atoms with E-state index in [4.69, 9.17) is 4.84 Å². The van der Waals surface area contributed by atoms with E-state index in [1.165, 1.54) is 0 Å². The van der Waals surface area contributed by atoms with Crippen molar-refractivity contribution < 1.29 is 14.4 Å². The molecule has 0 aliphatic carbocycles. The Morgan fingerprint density at radius 3 is 2.59 bits per heavy atom. The van der Waals surface area contributed by atoms with E-state index in [9.17, 15) is 9.59 Å². The molecule has 1 unspecified atom stereocenters. The molecule has 0 bridgehead atoms. The van der Waals surface area contributed by atoms with Gasteiger partial charge in [-0.05, 0) is 19.8 Å². The summed E-state index contributed by atoms with van der Waals surface area (Å²) in [6.07, 6.45) is 1.58. The van der Waals surface area contributed by atoms with Gasteiger partial charge in [-0.3, -0.25) is 14.4 Å². The topological polar surface area (TPSA) is 58.6 Å². The molecule has 1 heterocycles. The van der Waals surface area contributed by atoms with Crippen LogP contribution in [0.4, 0.5) is 0 Å². The Morgan fingerprint density at radius 2 is 2.06 bits per heavy atom. The highest BCUT2D eigenvalue weighted by Gasteiger charge is 2.38. The Bertz CT molecular complexity index is 297. The first-order chi connectivity index (χ1) is 7.88. The first kappa shape index (κ1) is 14.0. The SMILES string of the molecule is CCONC(=O)C1CCCN1C(=O)C(C)(C)C. The summed E-state index contributed by atoms with van der Waals surface area (Å²) >= 11 is 0. The molecule has 98 valence electrons. The lowest BCUT2D eigenvalue weighted by Crippen LogP contribution is -2.49. The molecule has 0 saturated carbocycles. The van der Waals surface area contributed by atoms with E-state index in [2.05, 4.69) is 5.48 Å².